The molecule has 4 nitrogen and oxygen atoms in total. The summed E-state index contributed by atoms with van der Waals surface area (Å²) >= 11 is 0. The Bertz CT molecular complexity index is 423. The van der Waals surface area contributed by atoms with Crippen LogP contribution in [0.3, 0.4) is 0 Å². The van der Waals surface area contributed by atoms with Crippen LogP contribution in [0.15, 0.2) is 24.3 Å². The van der Waals surface area contributed by atoms with E-state index in [1.165, 1.54) is 7.11 Å². The molecular weight excluding hydrogens is 220 g/mol. The average molecular weight is 236 g/mol. The highest BCUT2D eigenvalue weighted by molar-refractivity contribution is 5.90. The smallest absolute Gasteiger partial charge is 0.337 e. The van der Waals surface area contributed by atoms with E-state index >= 15 is 0 Å². The number of esters is 1. The number of aliphatic carboxylic acids is 1. The number of rotatable bonds is 4. The maximum atomic E-state index is 11.4. The topological polar surface area (TPSA) is 63.6 Å². The van der Waals surface area contributed by atoms with Gasteiger partial charge in [0.2, 0.25) is 0 Å². The van der Waals surface area contributed by atoms with Crippen molar-refractivity contribution in [3.05, 3.63) is 35.4 Å². The van der Waals surface area contributed by atoms with Gasteiger partial charge in [-0.2, -0.15) is 0 Å². The van der Waals surface area contributed by atoms with Gasteiger partial charge in [0.25, 0.3) is 0 Å². The van der Waals surface area contributed by atoms with E-state index < -0.39 is 17.9 Å². The van der Waals surface area contributed by atoms with Crippen LogP contribution < -0.4 is 0 Å². The number of carbonyl (C=O) groups is 2. The molecule has 0 aliphatic carbocycles. The quantitative estimate of drug-likeness (QED) is 0.815. The van der Waals surface area contributed by atoms with E-state index in [9.17, 15) is 9.59 Å². The van der Waals surface area contributed by atoms with E-state index in [0.717, 1.165) is 0 Å². The van der Waals surface area contributed by atoms with Crippen molar-refractivity contribution in [2.45, 2.75) is 19.8 Å². The summed E-state index contributed by atoms with van der Waals surface area (Å²) in [6, 6.07) is 6.56. The molecule has 1 N–H and O–H groups in total. The number of methoxy groups -OCH3 is 1. The predicted octanol–water partition coefficient (Wildman–Crippen LogP) is 2.30. The van der Waals surface area contributed by atoms with Gasteiger partial charge in [-0.3, -0.25) is 4.79 Å². The largest absolute Gasteiger partial charge is 0.481 e. The molecule has 0 saturated heterocycles. The Labute approximate surface area is 100 Å². The molecule has 0 radical (unpaired) electrons. The molecule has 0 saturated carbocycles. The third-order valence-corrected chi connectivity index (χ3v) is 2.60. The van der Waals surface area contributed by atoms with Crippen molar-refractivity contribution >= 4 is 11.9 Å². The number of benzene rings is 1. The first-order valence-corrected chi connectivity index (χ1v) is 5.38. The van der Waals surface area contributed by atoms with Crippen molar-refractivity contribution in [2.75, 3.05) is 7.11 Å². The summed E-state index contributed by atoms with van der Waals surface area (Å²) in [6.45, 7) is 3.67. The minimum atomic E-state index is -0.887. The first-order valence-electron chi connectivity index (χ1n) is 5.38. The van der Waals surface area contributed by atoms with Crippen LogP contribution in [0.25, 0.3) is 0 Å². The Hall–Kier alpha value is -1.84. The number of carboxylic acid groups (broad SMARTS) is 1. The Kier molecular flexibility index (Phi) is 4.26. The average Bonchev–Trinajstić information content (AvgIpc) is 2.27. The molecule has 0 aliphatic heterocycles. The summed E-state index contributed by atoms with van der Waals surface area (Å²) < 4.78 is 4.61. The molecule has 0 amide bonds. The lowest BCUT2D eigenvalue weighted by Crippen LogP contribution is -2.18. The third kappa shape index (κ3) is 3.06. The van der Waals surface area contributed by atoms with E-state index in [1.807, 2.05) is 13.8 Å². The monoisotopic (exact) mass is 236 g/mol. The van der Waals surface area contributed by atoms with E-state index in [1.54, 1.807) is 24.3 Å². The molecule has 1 rings (SSSR count). The van der Waals surface area contributed by atoms with E-state index in [2.05, 4.69) is 4.74 Å². The number of hydrogen-bond acceptors (Lipinski definition) is 3. The molecule has 1 atom stereocenters. The van der Waals surface area contributed by atoms with Gasteiger partial charge in [0, 0.05) is 0 Å². The Morgan fingerprint density at radius 2 is 1.94 bits per heavy atom. The van der Waals surface area contributed by atoms with Crippen LogP contribution in [0.5, 0.6) is 0 Å². The second-order valence-corrected chi connectivity index (χ2v) is 4.18. The van der Waals surface area contributed by atoms with Crippen LogP contribution in [-0.2, 0) is 9.53 Å². The van der Waals surface area contributed by atoms with E-state index in [-0.39, 0.29) is 5.92 Å². The van der Waals surface area contributed by atoms with Crippen molar-refractivity contribution < 1.29 is 19.4 Å². The van der Waals surface area contributed by atoms with Gasteiger partial charge in [0.15, 0.2) is 0 Å². The molecule has 4 heteroatoms. The minimum Gasteiger partial charge on any atom is -0.481 e. The molecule has 92 valence electrons. The van der Waals surface area contributed by atoms with Crippen LogP contribution in [0.4, 0.5) is 0 Å². The molecule has 0 heterocycles. The minimum absolute atomic E-state index is 0.0413. The molecule has 1 aromatic rings. The van der Waals surface area contributed by atoms with Crippen molar-refractivity contribution in [3.63, 3.8) is 0 Å². The maximum absolute atomic E-state index is 11.4. The molecule has 17 heavy (non-hydrogen) atoms. The lowest BCUT2D eigenvalue weighted by molar-refractivity contribution is -0.139. The van der Waals surface area contributed by atoms with Gasteiger partial charge in [-0.1, -0.05) is 26.0 Å². The SMILES string of the molecule is COC(=O)c1cccc(C(C(=O)O)C(C)C)c1. The molecule has 1 aromatic carbocycles. The second kappa shape index (κ2) is 5.48. The fourth-order valence-electron chi connectivity index (χ4n) is 1.79. The van der Waals surface area contributed by atoms with Crippen LogP contribution in [0, 0.1) is 5.92 Å². The fourth-order valence-corrected chi connectivity index (χ4v) is 1.79. The van der Waals surface area contributed by atoms with Gasteiger partial charge in [-0.15, -0.1) is 0 Å². The van der Waals surface area contributed by atoms with Crippen LogP contribution in [-0.4, -0.2) is 24.2 Å². The van der Waals surface area contributed by atoms with E-state index in [4.69, 9.17) is 5.11 Å². The molecule has 0 bridgehead atoms. The van der Waals surface area contributed by atoms with Gasteiger partial charge in [-0.25, -0.2) is 4.79 Å². The third-order valence-electron chi connectivity index (χ3n) is 2.60. The normalized spacial score (nSPS) is 12.2. The van der Waals surface area contributed by atoms with Crippen molar-refractivity contribution in [2.24, 2.45) is 5.92 Å². The zero-order valence-electron chi connectivity index (χ0n) is 10.1. The highest BCUT2D eigenvalue weighted by Crippen LogP contribution is 2.25. The number of carboxylic acids is 1. The Balaban J connectivity index is 3.13. The summed E-state index contributed by atoms with van der Waals surface area (Å²) in [4.78, 5) is 22.5. The van der Waals surface area contributed by atoms with Gasteiger partial charge in [0.05, 0.1) is 18.6 Å². The lowest BCUT2D eigenvalue weighted by Gasteiger charge is -2.17. The van der Waals surface area contributed by atoms with Crippen molar-refractivity contribution in [1.29, 1.82) is 0 Å². The molecule has 0 spiro atoms. The second-order valence-electron chi connectivity index (χ2n) is 4.18. The van der Waals surface area contributed by atoms with Gasteiger partial charge in [-0.05, 0) is 23.6 Å². The molecule has 0 fully saturated rings. The van der Waals surface area contributed by atoms with E-state index in [0.29, 0.717) is 11.1 Å². The zero-order valence-corrected chi connectivity index (χ0v) is 10.1. The zero-order chi connectivity index (χ0) is 13.0. The molecule has 0 aromatic heterocycles. The summed E-state index contributed by atoms with van der Waals surface area (Å²) in [7, 11) is 1.30. The fraction of sp³-hybridized carbons (Fsp3) is 0.385. The molecule has 0 aliphatic rings. The maximum Gasteiger partial charge on any atom is 0.337 e. The highest BCUT2D eigenvalue weighted by atomic mass is 16.5. The number of ether oxygens (including phenoxy) is 1. The van der Waals surface area contributed by atoms with Gasteiger partial charge in [0.1, 0.15) is 0 Å². The number of carbonyl (C=O) groups excluding carboxylic acids is 1. The summed E-state index contributed by atoms with van der Waals surface area (Å²) in [5.41, 5.74) is 0.993. The summed E-state index contributed by atoms with van der Waals surface area (Å²) in [6.07, 6.45) is 0. The number of hydrogen-bond donors (Lipinski definition) is 1. The van der Waals surface area contributed by atoms with Crippen LogP contribution in [0.1, 0.15) is 35.7 Å². The van der Waals surface area contributed by atoms with Gasteiger partial charge >= 0.3 is 11.9 Å². The van der Waals surface area contributed by atoms with Crippen LogP contribution >= 0.6 is 0 Å². The van der Waals surface area contributed by atoms with Gasteiger partial charge < -0.3 is 9.84 Å². The Morgan fingerprint density at radius 1 is 1.29 bits per heavy atom. The first-order chi connectivity index (χ1) is 7.97. The van der Waals surface area contributed by atoms with Crippen molar-refractivity contribution in [3.8, 4) is 0 Å². The summed E-state index contributed by atoms with van der Waals surface area (Å²) in [5, 5.41) is 9.17. The summed E-state index contributed by atoms with van der Waals surface area (Å²) in [5.74, 6) is -2.00. The van der Waals surface area contributed by atoms with Crippen molar-refractivity contribution in [1.82, 2.24) is 0 Å². The first kappa shape index (κ1) is 13.2. The Morgan fingerprint density at radius 3 is 2.41 bits per heavy atom. The lowest BCUT2D eigenvalue weighted by atomic mass is 9.88. The standard InChI is InChI=1S/C13H16O4/c1-8(2)11(12(14)15)9-5-4-6-10(7-9)13(16)17-3/h4-8,11H,1-3H3,(H,14,15). The molecule has 1 unspecified atom stereocenters. The highest BCUT2D eigenvalue weighted by Gasteiger charge is 2.24. The van der Waals surface area contributed by atoms with Crippen LogP contribution in [0.2, 0.25) is 0 Å². The predicted molar refractivity (Wildman–Crippen MR) is 63.0 cm³/mol. The molecular formula is C13H16O4.